The highest BCUT2D eigenvalue weighted by Crippen LogP contribution is 2.16. The molecule has 1 N–H and O–H groups in total. The lowest BCUT2D eigenvalue weighted by Gasteiger charge is -2.23. The van der Waals surface area contributed by atoms with Gasteiger partial charge in [0.2, 0.25) is 11.8 Å². The van der Waals surface area contributed by atoms with Gasteiger partial charge in [0, 0.05) is 46.3 Å². The molecule has 0 saturated carbocycles. The molecule has 0 aromatic carbocycles. The Hall–Kier alpha value is -2.18. The maximum Gasteiger partial charge on any atom is 0.226 e. The van der Waals surface area contributed by atoms with E-state index < -0.39 is 0 Å². The first-order valence-corrected chi connectivity index (χ1v) is 6.60. The number of hydrogen-bond acceptors (Lipinski definition) is 5. The van der Waals surface area contributed by atoms with E-state index in [-0.39, 0.29) is 17.7 Å². The summed E-state index contributed by atoms with van der Waals surface area (Å²) in [5.74, 6) is 0.446. The summed E-state index contributed by atoms with van der Waals surface area (Å²) in [6, 6.07) is 1.81. The zero-order chi connectivity index (χ0) is 14.5. The number of nitrogens with zero attached hydrogens (tertiary/aromatic N) is 4. The number of nitrogens with one attached hydrogen (secondary N) is 1. The van der Waals surface area contributed by atoms with Crippen molar-refractivity contribution >= 4 is 17.6 Å². The molecule has 108 valence electrons. The Kier molecular flexibility index (Phi) is 4.49. The van der Waals surface area contributed by atoms with Gasteiger partial charge in [-0.15, -0.1) is 0 Å². The third kappa shape index (κ3) is 3.23. The Labute approximate surface area is 118 Å². The average molecular weight is 277 g/mol. The highest BCUT2D eigenvalue weighted by Gasteiger charge is 2.28. The summed E-state index contributed by atoms with van der Waals surface area (Å²) in [6.07, 6.45) is 3.16. The summed E-state index contributed by atoms with van der Waals surface area (Å²) in [6.45, 7) is 3.76. The van der Waals surface area contributed by atoms with Gasteiger partial charge in [-0.05, 0) is 6.07 Å². The maximum atomic E-state index is 12.0. The molecule has 1 aromatic rings. The van der Waals surface area contributed by atoms with Gasteiger partial charge < -0.3 is 15.1 Å². The third-order valence-corrected chi connectivity index (χ3v) is 3.47. The quantitative estimate of drug-likeness (QED) is 0.789. The van der Waals surface area contributed by atoms with Crippen molar-refractivity contribution in [2.45, 2.75) is 6.92 Å². The van der Waals surface area contributed by atoms with Gasteiger partial charge in [-0.1, -0.05) is 0 Å². The lowest BCUT2D eigenvalue weighted by atomic mass is 10.1. The summed E-state index contributed by atoms with van der Waals surface area (Å²) in [7, 11) is 1.61. The van der Waals surface area contributed by atoms with E-state index >= 15 is 0 Å². The molecule has 0 bridgehead atoms. The summed E-state index contributed by atoms with van der Waals surface area (Å²) in [5, 5.41) is 2.66. The number of rotatable bonds is 2. The predicted molar refractivity (Wildman–Crippen MR) is 74.1 cm³/mol. The van der Waals surface area contributed by atoms with E-state index in [0.29, 0.717) is 26.2 Å². The van der Waals surface area contributed by atoms with Crippen LogP contribution in [0.2, 0.25) is 0 Å². The Morgan fingerprint density at radius 2 is 2.15 bits per heavy atom. The molecule has 0 unspecified atom stereocenters. The van der Waals surface area contributed by atoms with Gasteiger partial charge >= 0.3 is 0 Å². The van der Waals surface area contributed by atoms with Gasteiger partial charge in [0.25, 0.3) is 0 Å². The summed E-state index contributed by atoms with van der Waals surface area (Å²) < 4.78 is 0. The smallest absolute Gasteiger partial charge is 0.226 e. The molecule has 2 rings (SSSR count). The molecule has 1 saturated heterocycles. The highest BCUT2D eigenvalue weighted by molar-refractivity contribution is 5.81. The maximum absolute atomic E-state index is 12.0. The molecule has 1 atom stereocenters. The van der Waals surface area contributed by atoms with Crippen LogP contribution in [0.1, 0.15) is 6.92 Å². The van der Waals surface area contributed by atoms with Crippen molar-refractivity contribution in [2.75, 3.05) is 38.1 Å². The lowest BCUT2D eigenvalue weighted by Crippen LogP contribution is -2.41. The van der Waals surface area contributed by atoms with E-state index in [1.54, 1.807) is 18.1 Å². The predicted octanol–water partition coefficient (Wildman–Crippen LogP) is -0.493. The number of amides is 2. The average Bonchev–Trinajstić information content (AvgIpc) is 2.70. The molecule has 1 aliphatic rings. The fourth-order valence-electron chi connectivity index (χ4n) is 2.35. The molecule has 1 aromatic heterocycles. The molecule has 0 spiro atoms. The van der Waals surface area contributed by atoms with Crippen LogP contribution >= 0.6 is 0 Å². The van der Waals surface area contributed by atoms with Crippen LogP contribution < -0.4 is 10.2 Å². The standard InChI is InChI=1S/C13H19N5O2/c1-10(19)17-5-6-18(12-3-4-15-9-16-12)8-11(7-17)13(20)14-2/h3-4,9,11H,5-8H2,1-2H3,(H,14,20)/t11-/m0/s1. The first-order valence-electron chi connectivity index (χ1n) is 6.60. The molecule has 1 fully saturated rings. The minimum absolute atomic E-state index is 0.0107. The monoisotopic (exact) mass is 277 g/mol. The van der Waals surface area contributed by atoms with Crippen molar-refractivity contribution in [1.29, 1.82) is 0 Å². The second-order valence-corrected chi connectivity index (χ2v) is 4.79. The third-order valence-electron chi connectivity index (χ3n) is 3.47. The zero-order valence-electron chi connectivity index (χ0n) is 11.7. The molecule has 2 heterocycles. The van der Waals surface area contributed by atoms with E-state index in [1.807, 2.05) is 11.0 Å². The Morgan fingerprint density at radius 3 is 2.75 bits per heavy atom. The Balaban J connectivity index is 2.20. The van der Waals surface area contributed by atoms with E-state index in [9.17, 15) is 9.59 Å². The first-order chi connectivity index (χ1) is 9.61. The molecule has 7 nitrogen and oxygen atoms in total. The van der Waals surface area contributed by atoms with Crippen molar-refractivity contribution in [2.24, 2.45) is 5.92 Å². The van der Waals surface area contributed by atoms with Crippen molar-refractivity contribution in [3.8, 4) is 0 Å². The molecule has 1 aliphatic heterocycles. The van der Waals surface area contributed by atoms with Crippen molar-refractivity contribution in [3.05, 3.63) is 18.6 Å². The van der Waals surface area contributed by atoms with Gasteiger partial charge in [-0.3, -0.25) is 9.59 Å². The van der Waals surface area contributed by atoms with Crippen LogP contribution in [-0.4, -0.2) is 59.9 Å². The fraction of sp³-hybridized carbons (Fsp3) is 0.538. The van der Waals surface area contributed by atoms with Crippen LogP contribution in [0, 0.1) is 5.92 Å². The van der Waals surface area contributed by atoms with Crippen LogP contribution in [0.15, 0.2) is 18.6 Å². The number of hydrogen-bond donors (Lipinski definition) is 1. The summed E-state index contributed by atoms with van der Waals surface area (Å²) in [5.41, 5.74) is 0. The van der Waals surface area contributed by atoms with Crippen LogP contribution in [0.4, 0.5) is 5.82 Å². The second kappa shape index (κ2) is 6.31. The Bertz CT molecular complexity index is 479. The molecule has 0 aliphatic carbocycles. The van der Waals surface area contributed by atoms with Gasteiger partial charge in [0.05, 0.1) is 5.92 Å². The highest BCUT2D eigenvalue weighted by atomic mass is 16.2. The minimum Gasteiger partial charge on any atom is -0.359 e. The van der Waals surface area contributed by atoms with Crippen LogP contribution in [0.5, 0.6) is 0 Å². The van der Waals surface area contributed by atoms with Crippen molar-refractivity contribution in [3.63, 3.8) is 0 Å². The number of anilines is 1. The van der Waals surface area contributed by atoms with E-state index in [0.717, 1.165) is 5.82 Å². The molecule has 2 amide bonds. The number of carbonyl (C=O) groups excluding carboxylic acids is 2. The summed E-state index contributed by atoms with van der Waals surface area (Å²) >= 11 is 0. The molecular formula is C13H19N5O2. The SMILES string of the molecule is CNC(=O)[C@H]1CN(C(C)=O)CCN(c2ccncn2)C1. The molecule has 20 heavy (non-hydrogen) atoms. The fourth-order valence-corrected chi connectivity index (χ4v) is 2.35. The lowest BCUT2D eigenvalue weighted by molar-refractivity contribution is -0.130. The van der Waals surface area contributed by atoms with Crippen molar-refractivity contribution < 1.29 is 9.59 Å². The largest absolute Gasteiger partial charge is 0.359 e. The Morgan fingerprint density at radius 1 is 1.35 bits per heavy atom. The molecule has 0 radical (unpaired) electrons. The number of aromatic nitrogens is 2. The van der Waals surface area contributed by atoms with Crippen LogP contribution in [-0.2, 0) is 9.59 Å². The topological polar surface area (TPSA) is 78.4 Å². The first kappa shape index (κ1) is 14.2. The minimum atomic E-state index is -0.263. The zero-order valence-corrected chi connectivity index (χ0v) is 11.7. The van der Waals surface area contributed by atoms with Gasteiger partial charge in [-0.2, -0.15) is 0 Å². The van der Waals surface area contributed by atoms with E-state index in [1.165, 1.54) is 13.3 Å². The van der Waals surface area contributed by atoms with Gasteiger partial charge in [0.1, 0.15) is 12.1 Å². The molecular weight excluding hydrogens is 258 g/mol. The molecule has 7 heteroatoms. The van der Waals surface area contributed by atoms with Crippen LogP contribution in [0.3, 0.4) is 0 Å². The van der Waals surface area contributed by atoms with E-state index in [4.69, 9.17) is 0 Å². The normalized spacial score (nSPS) is 19.4. The van der Waals surface area contributed by atoms with Gasteiger partial charge in [0.15, 0.2) is 0 Å². The van der Waals surface area contributed by atoms with Crippen LogP contribution in [0.25, 0.3) is 0 Å². The van der Waals surface area contributed by atoms with Gasteiger partial charge in [-0.25, -0.2) is 9.97 Å². The van der Waals surface area contributed by atoms with Crippen molar-refractivity contribution in [1.82, 2.24) is 20.2 Å². The second-order valence-electron chi connectivity index (χ2n) is 4.79. The number of carbonyl (C=O) groups is 2. The van der Waals surface area contributed by atoms with E-state index in [2.05, 4.69) is 15.3 Å². The summed E-state index contributed by atoms with van der Waals surface area (Å²) in [4.78, 5) is 35.4.